The molecule has 23 heavy (non-hydrogen) atoms. The van der Waals surface area contributed by atoms with E-state index in [-0.39, 0.29) is 12.8 Å². The lowest BCUT2D eigenvalue weighted by atomic mass is 10.1. The molecule has 2 N–H and O–H groups in total. The van der Waals surface area contributed by atoms with Crippen LogP contribution in [0.5, 0.6) is 11.5 Å². The second-order valence-electron chi connectivity index (χ2n) is 4.92. The molecule has 2 aromatic carbocycles. The number of nitrogens with one attached hydrogen (secondary N) is 2. The Morgan fingerprint density at radius 1 is 1.13 bits per heavy atom. The number of hydrogen-bond acceptors (Lipinski definition) is 3. The first-order valence-corrected chi connectivity index (χ1v) is 7.76. The third-order valence-electron chi connectivity index (χ3n) is 3.34. The van der Waals surface area contributed by atoms with Gasteiger partial charge in [-0.2, -0.15) is 0 Å². The highest BCUT2D eigenvalue weighted by atomic mass is 35.5. The third kappa shape index (κ3) is 3.81. The predicted molar refractivity (Wildman–Crippen MR) is 89.8 cm³/mol. The molecule has 1 aliphatic rings. The van der Waals surface area contributed by atoms with Crippen molar-refractivity contribution in [3.63, 3.8) is 0 Å². The van der Waals surface area contributed by atoms with Crippen LogP contribution in [0.1, 0.15) is 5.56 Å². The molecule has 0 saturated heterocycles. The van der Waals surface area contributed by atoms with E-state index in [0.29, 0.717) is 28.7 Å². The van der Waals surface area contributed by atoms with Crippen LogP contribution in [0.15, 0.2) is 36.4 Å². The first kappa shape index (κ1) is 15.8. The molecule has 3 rings (SSSR count). The first-order valence-electron chi connectivity index (χ1n) is 7.01. The number of hydrogen-bond donors (Lipinski definition) is 2. The van der Waals surface area contributed by atoms with Crippen molar-refractivity contribution in [1.82, 2.24) is 5.32 Å². The van der Waals surface area contributed by atoms with Gasteiger partial charge in [0.1, 0.15) is 0 Å². The van der Waals surface area contributed by atoms with E-state index in [1.165, 1.54) is 0 Å². The minimum Gasteiger partial charge on any atom is -0.454 e. The van der Waals surface area contributed by atoms with Crippen LogP contribution < -0.4 is 20.1 Å². The van der Waals surface area contributed by atoms with Crippen LogP contribution in [0, 0.1) is 0 Å². The standard InChI is InChI=1S/C16H14Cl2N2O3/c17-11-2-1-3-12(15(11)18)20-16(21)19-7-6-10-4-5-13-14(8-10)23-9-22-13/h1-5,8H,6-7,9H2,(H2,19,20,21). The van der Waals surface area contributed by atoms with Crippen LogP contribution in [0.3, 0.4) is 0 Å². The number of carbonyl (C=O) groups excluding carboxylic acids is 1. The smallest absolute Gasteiger partial charge is 0.319 e. The van der Waals surface area contributed by atoms with Gasteiger partial charge in [0.05, 0.1) is 15.7 Å². The zero-order valence-corrected chi connectivity index (χ0v) is 13.6. The minimum absolute atomic E-state index is 0.250. The molecule has 7 heteroatoms. The van der Waals surface area contributed by atoms with E-state index in [1.54, 1.807) is 18.2 Å². The number of fused-ring (bicyclic) bond motifs is 1. The lowest BCUT2D eigenvalue weighted by molar-refractivity contribution is 0.174. The number of ether oxygens (including phenoxy) is 2. The van der Waals surface area contributed by atoms with E-state index >= 15 is 0 Å². The van der Waals surface area contributed by atoms with Crippen LogP contribution in [0.25, 0.3) is 0 Å². The van der Waals surface area contributed by atoms with Gasteiger partial charge >= 0.3 is 6.03 Å². The quantitative estimate of drug-likeness (QED) is 0.871. The van der Waals surface area contributed by atoms with E-state index in [0.717, 1.165) is 17.1 Å². The number of halogens is 2. The minimum atomic E-state index is -0.338. The van der Waals surface area contributed by atoms with E-state index < -0.39 is 0 Å². The largest absolute Gasteiger partial charge is 0.454 e. The molecule has 0 unspecified atom stereocenters. The molecule has 2 aromatic rings. The van der Waals surface area contributed by atoms with E-state index in [2.05, 4.69) is 10.6 Å². The maximum atomic E-state index is 11.9. The van der Waals surface area contributed by atoms with Gasteiger partial charge in [-0.3, -0.25) is 0 Å². The number of anilines is 1. The normalized spacial score (nSPS) is 12.1. The Bertz CT molecular complexity index is 737. The second-order valence-corrected chi connectivity index (χ2v) is 5.71. The summed E-state index contributed by atoms with van der Waals surface area (Å²) in [6.07, 6.45) is 0.674. The number of urea groups is 1. The van der Waals surface area contributed by atoms with Crippen LogP contribution in [0.2, 0.25) is 10.0 Å². The fourth-order valence-electron chi connectivity index (χ4n) is 2.18. The van der Waals surface area contributed by atoms with Gasteiger partial charge in [-0.25, -0.2) is 4.79 Å². The summed E-state index contributed by atoms with van der Waals surface area (Å²) in [5, 5.41) is 6.15. The van der Waals surface area contributed by atoms with Gasteiger partial charge in [0, 0.05) is 6.54 Å². The molecule has 0 fully saturated rings. The number of rotatable bonds is 4. The predicted octanol–water partition coefficient (Wildman–Crippen LogP) is 4.09. The Labute approximate surface area is 143 Å². The summed E-state index contributed by atoms with van der Waals surface area (Å²) in [7, 11) is 0. The van der Waals surface area contributed by atoms with E-state index in [4.69, 9.17) is 32.7 Å². The van der Waals surface area contributed by atoms with Crippen molar-refractivity contribution < 1.29 is 14.3 Å². The Kier molecular flexibility index (Phi) is 4.79. The second kappa shape index (κ2) is 6.98. The highest BCUT2D eigenvalue weighted by molar-refractivity contribution is 6.43. The molecule has 1 aliphatic heterocycles. The molecule has 0 bridgehead atoms. The van der Waals surface area contributed by atoms with Gasteiger partial charge in [0.15, 0.2) is 11.5 Å². The fourth-order valence-corrected chi connectivity index (χ4v) is 2.53. The van der Waals surface area contributed by atoms with Crippen molar-refractivity contribution in [3.05, 3.63) is 52.0 Å². The number of benzene rings is 2. The van der Waals surface area contributed by atoms with Crippen molar-refractivity contribution in [2.75, 3.05) is 18.7 Å². The van der Waals surface area contributed by atoms with Crippen molar-refractivity contribution in [3.8, 4) is 11.5 Å². The average molecular weight is 353 g/mol. The molecule has 0 radical (unpaired) electrons. The lowest BCUT2D eigenvalue weighted by Gasteiger charge is -2.10. The third-order valence-corrected chi connectivity index (χ3v) is 4.15. The molecular weight excluding hydrogens is 339 g/mol. The van der Waals surface area contributed by atoms with E-state index in [1.807, 2.05) is 18.2 Å². The summed E-state index contributed by atoms with van der Waals surface area (Å²) >= 11 is 11.9. The maximum Gasteiger partial charge on any atom is 0.319 e. The molecule has 2 amide bonds. The number of amides is 2. The van der Waals surface area contributed by atoms with Crippen molar-refractivity contribution in [2.24, 2.45) is 0 Å². The summed E-state index contributed by atoms with van der Waals surface area (Å²) in [5.74, 6) is 1.48. The van der Waals surface area contributed by atoms with Gasteiger partial charge in [-0.1, -0.05) is 35.3 Å². The molecule has 0 aliphatic carbocycles. The monoisotopic (exact) mass is 352 g/mol. The Morgan fingerprint density at radius 2 is 1.96 bits per heavy atom. The van der Waals surface area contributed by atoms with Crippen LogP contribution >= 0.6 is 23.2 Å². The molecule has 0 saturated carbocycles. The van der Waals surface area contributed by atoms with Gasteiger partial charge in [-0.15, -0.1) is 0 Å². The average Bonchev–Trinajstić information content (AvgIpc) is 2.99. The van der Waals surface area contributed by atoms with Crippen LogP contribution in [-0.2, 0) is 6.42 Å². The Hall–Kier alpha value is -2.11. The molecule has 0 atom stereocenters. The summed E-state index contributed by atoms with van der Waals surface area (Å²) in [6.45, 7) is 0.726. The van der Waals surface area contributed by atoms with Gasteiger partial charge < -0.3 is 20.1 Å². The van der Waals surface area contributed by atoms with Crippen LogP contribution in [-0.4, -0.2) is 19.4 Å². The molecule has 1 heterocycles. The zero-order valence-electron chi connectivity index (χ0n) is 12.1. The molecular formula is C16H14Cl2N2O3. The first-order chi connectivity index (χ1) is 11.1. The highest BCUT2D eigenvalue weighted by Crippen LogP contribution is 2.32. The molecule has 0 spiro atoms. The summed E-state index contributed by atoms with van der Waals surface area (Å²) < 4.78 is 10.6. The Balaban J connectivity index is 1.50. The highest BCUT2D eigenvalue weighted by Gasteiger charge is 2.13. The van der Waals surface area contributed by atoms with Gasteiger partial charge in [-0.05, 0) is 36.2 Å². The molecule has 0 aromatic heterocycles. The van der Waals surface area contributed by atoms with Crippen molar-refractivity contribution in [2.45, 2.75) is 6.42 Å². The Morgan fingerprint density at radius 3 is 2.83 bits per heavy atom. The zero-order chi connectivity index (χ0) is 16.2. The van der Waals surface area contributed by atoms with Gasteiger partial charge in [0.2, 0.25) is 6.79 Å². The van der Waals surface area contributed by atoms with Gasteiger partial charge in [0.25, 0.3) is 0 Å². The lowest BCUT2D eigenvalue weighted by Crippen LogP contribution is -2.30. The topological polar surface area (TPSA) is 59.6 Å². The summed E-state index contributed by atoms with van der Waals surface area (Å²) in [5.41, 5.74) is 1.52. The SMILES string of the molecule is O=C(NCCc1ccc2c(c1)OCO2)Nc1cccc(Cl)c1Cl. The maximum absolute atomic E-state index is 11.9. The summed E-state index contributed by atoms with van der Waals surface area (Å²) in [6, 6.07) is 10.4. The van der Waals surface area contributed by atoms with Crippen molar-refractivity contribution in [1.29, 1.82) is 0 Å². The fraction of sp³-hybridized carbons (Fsp3) is 0.188. The van der Waals surface area contributed by atoms with Crippen molar-refractivity contribution >= 4 is 34.9 Å². The number of carbonyl (C=O) groups is 1. The molecule has 5 nitrogen and oxygen atoms in total. The summed E-state index contributed by atoms with van der Waals surface area (Å²) in [4.78, 5) is 11.9. The molecule has 120 valence electrons. The van der Waals surface area contributed by atoms with Crippen LogP contribution in [0.4, 0.5) is 10.5 Å². The van der Waals surface area contributed by atoms with E-state index in [9.17, 15) is 4.79 Å².